The van der Waals surface area contributed by atoms with Crippen molar-refractivity contribution < 1.29 is 27.5 Å². The number of pyridine rings is 1. The predicted octanol–water partition coefficient (Wildman–Crippen LogP) is 1.97. The van der Waals surface area contributed by atoms with Crippen LogP contribution in [0.3, 0.4) is 0 Å². The lowest BCUT2D eigenvalue weighted by molar-refractivity contribution is -0.138. The molecule has 0 atom stereocenters. The monoisotopic (exact) mass is 397 g/mol. The summed E-state index contributed by atoms with van der Waals surface area (Å²) >= 11 is 0. The van der Waals surface area contributed by atoms with Crippen LogP contribution in [-0.4, -0.2) is 42.0 Å². The number of nitrogens with one attached hydrogen (secondary N) is 1. The molecule has 10 heteroatoms. The second-order valence-corrected chi connectivity index (χ2v) is 5.91. The van der Waals surface area contributed by atoms with Crippen molar-refractivity contribution in [2.24, 2.45) is 0 Å². The molecule has 2 aromatic rings. The molecule has 1 aromatic heterocycles. The summed E-state index contributed by atoms with van der Waals surface area (Å²) in [5, 5.41) is 2.58. The number of alkyl halides is 3. The van der Waals surface area contributed by atoms with Crippen molar-refractivity contribution in [1.29, 1.82) is 0 Å². The molecule has 0 radical (unpaired) electrons. The molecule has 7 nitrogen and oxygen atoms in total. The van der Waals surface area contributed by atoms with Gasteiger partial charge in [-0.15, -0.1) is 0 Å². The first-order valence-electron chi connectivity index (χ1n) is 8.05. The molecule has 28 heavy (non-hydrogen) atoms. The Morgan fingerprint density at radius 3 is 2.57 bits per heavy atom. The maximum Gasteiger partial charge on any atom is 0.417 e. The Morgan fingerprint density at radius 1 is 1.21 bits per heavy atom. The Kier molecular flexibility index (Phi) is 6.45. The van der Waals surface area contributed by atoms with Gasteiger partial charge < -0.3 is 19.5 Å². The minimum Gasteiger partial charge on any atom is -0.497 e. The number of carbonyl (C=O) groups is 2. The van der Waals surface area contributed by atoms with E-state index in [-0.39, 0.29) is 6.54 Å². The zero-order valence-electron chi connectivity index (χ0n) is 15.1. The third-order valence-electron chi connectivity index (χ3n) is 3.78. The Bertz CT molecular complexity index is 925. The molecule has 2 amide bonds. The van der Waals surface area contributed by atoms with Crippen LogP contribution < -0.4 is 15.6 Å². The molecule has 0 aliphatic heterocycles. The van der Waals surface area contributed by atoms with Crippen molar-refractivity contribution >= 4 is 17.5 Å². The van der Waals surface area contributed by atoms with Crippen molar-refractivity contribution in [2.75, 3.05) is 26.0 Å². The number of benzene rings is 1. The van der Waals surface area contributed by atoms with E-state index in [9.17, 15) is 27.6 Å². The molecule has 1 N–H and O–H groups in total. The van der Waals surface area contributed by atoms with E-state index in [1.807, 2.05) is 0 Å². The fraction of sp³-hybridized carbons (Fsp3) is 0.278. The maximum atomic E-state index is 12.8. The number of methoxy groups -OCH3 is 1. The minimum atomic E-state index is -4.64. The van der Waals surface area contributed by atoms with Crippen LogP contribution in [0.1, 0.15) is 5.56 Å². The molecule has 0 bridgehead atoms. The third kappa shape index (κ3) is 5.60. The number of amides is 2. The predicted molar refractivity (Wildman–Crippen MR) is 95.0 cm³/mol. The summed E-state index contributed by atoms with van der Waals surface area (Å²) in [6.07, 6.45) is -4.06. The molecular weight excluding hydrogens is 379 g/mol. The highest BCUT2D eigenvalue weighted by Crippen LogP contribution is 2.28. The van der Waals surface area contributed by atoms with E-state index in [1.54, 1.807) is 24.3 Å². The van der Waals surface area contributed by atoms with E-state index in [2.05, 4.69) is 5.32 Å². The molecular formula is C18H18F3N3O4. The van der Waals surface area contributed by atoms with Crippen LogP contribution in [-0.2, 0) is 22.3 Å². The first kappa shape index (κ1) is 21.0. The minimum absolute atomic E-state index is 0.343. The van der Waals surface area contributed by atoms with Gasteiger partial charge in [-0.05, 0) is 18.2 Å². The van der Waals surface area contributed by atoms with Gasteiger partial charge >= 0.3 is 6.18 Å². The van der Waals surface area contributed by atoms with Crippen molar-refractivity contribution in [3.8, 4) is 5.75 Å². The molecule has 0 fully saturated rings. The zero-order valence-corrected chi connectivity index (χ0v) is 15.1. The highest BCUT2D eigenvalue weighted by molar-refractivity contribution is 5.94. The number of rotatable bonds is 6. The van der Waals surface area contributed by atoms with Gasteiger partial charge in [-0.25, -0.2) is 0 Å². The number of aromatic nitrogens is 1. The third-order valence-corrected chi connectivity index (χ3v) is 3.78. The number of ether oxygens (including phenoxy) is 1. The molecule has 0 spiro atoms. The molecule has 2 rings (SSSR count). The van der Waals surface area contributed by atoms with Crippen LogP contribution in [0.4, 0.5) is 18.9 Å². The van der Waals surface area contributed by atoms with Gasteiger partial charge in [0.1, 0.15) is 12.3 Å². The standard InChI is InChI=1S/C18H18F3N3O4/c1-23(10-15(25)22-13-4-3-5-14(8-13)28-2)17(27)11-24-9-12(18(19,20)21)6-7-16(24)26/h3-9H,10-11H2,1-2H3,(H,22,25). The fourth-order valence-corrected chi connectivity index (χ4v) is 2.29. The summed E-state index contributed by atoms with van der Waals surface area (Å²) in [4.78, 5) is 37.0. The summed E-state index contributed by atoms with van der Waals surface area (Å²) in [6, 6.07) is 7.97. The van der Waals surface area contributed by atoms with Gasteiger partial charge in [-0.1, -0.05) is 6.07 Å². The number of nitrogens with zero attached hydrogens (tertiary/aromatic N) is 2. The van der Waals surface area contributed by atoms with E-state index in [4.69, 9.17) is 4.74 Å². The molecule has 0 aliphatic carbocycles. The van der Waals surface area contributed by atoms with Gasteiger partial charge in [0, 0.05) is 31.1 Å². The van der Waals surface area contributed by atoms with Crippen LogP contribution in [0.2, 0.25) is 0 Å². The summed E-state index contributed by atoms with van der Waals surface area (Å²) in [5.74, 6) is -0.672. The first-order valence-corrected chi connectivity index (χ1v) is 8.05. The first-order chi connectivity index (χ1) is 13.1. The highest BCUT2D eigenvalue weighted by Gasteiger charge is 2.31. The van der Waals surface area contributed by atoms with Crippen molar-refractivity contribution in [2.45, 2.75) is 12.7 Å². The van der Waals surface area contributed by atoms with Crippen molar-refractivity contribution in [3.63, 3.8) is 0 Å². The van der Waals surface area contributed by atoms with E-state index in [1.165, 1.54) is 14.2 Å². The number of carbonyl (C=O) groups excluding carboxylic acids is 2. The van der Waals surface area contributed by atoms with Crippen molar-refractivity contribution in [1.82, 2.24) is 9.47 Å². The van der Waals surface area contributed by atoms with Crippen LogP contribution in [0.5, 0.6) is 5.75 Å². The largest absolute Gasteiger partial charge is 0.497 e. The second-order valence-electron chi connectivity index (χ2n) is 5.91. The smallest absolute Gasteiger partial charge is 0.417 e. The molecule has 0 saturated heterocycles. The molecule has 0 aliphatic rings. The Labute approximate surface area is 158 Å². The summed E-state index contributed by atoms with van der Waals surface area (Å²) in [7, 11) is 2.79. The maximum absolute atomic E-state index is 12.8. The Balaban J connectivity index is 2.01. The molecule has 1 aromatic carbocycles. The Morgan fingerprint density at radius 2 is 1.93 bits per heavy atom. The van der Waals surface area contributed by atoms with Crippen molar-refractivity contribution in [3.05, 3.63) is 58.5 Å². The fourth-order valence-electron chi connectivity index (χ4n) is 2.29. The summed E-state index contributed by atoms with van der Waals surface area (Å²) in [6.45, 7) is -0.963. The zero-order chi connectivity index (χ0) is 20.9. The SMILES string of the molecule is COc1cccc(NC(=O)CN(C)C(=O)Cn2cc(C(F)(F)F)ccc2=O)c1. The highest BCUT2D eigenvalue weighted by atomic mass is 19.4. The number of anilines is 1. The van der Waals surface area contributed by atoms with E-state index >= 15 is 0 Å². The number of halogens is 3. The van der Waals surface area contributed by atoms with Gasteiger partial charge in [0.15, 0.2) is 0 Å². The number of hydrogen-bond donors (Lipinski definition) is 1. The van der Waals surface area contributed by atoms with Crippen LogP contribution in [0, 0.1) is 0 Å². The van der Waals surface area contributed by atoms with E-state index in [0.29, 0.717) is 28.3 Å². The molecule has 0 unspecified atom stereocenters. The van der Waals surface area contributed by atoms with Gasteiger partial charge in [-0.2, -0.15) is 13.2 Å². The quantitative estimate of drug-likeness (QED) is 0.808. The lowest BCUT2D eigenvalue weighted by Gasteiger charge is -2.18. The number of hydrogen-bond acceptors (Lipinski definition) is 4. The van der Waals surface area contributed by atoms with Crippen LogP contribution in [0.15, 0.2) is 47.4 Å². The average Bonchev–Trinajstić information content (AvgIpc) is 2.62. The lowest BCUT2D eigenvalue weighted by atomic mass is 10.2. The Hall–Kier alpha value is -3.30. The molecule has 1 heterocycles. The van der Waals surface area contributed by atoms with Gasteiger partial charge in [-0.3, -0.25) is 14.4 Å². The van der Waals surface area contributed by atoms with Gasteiger partial charge in [0.05, 0.1) is 19.2 Å². The van der Waals surface area contributed by atoms with Gasteiger partial charge in [0.25, 0.3) is 5.56 Å². The second kappa shape index (κ2) is 8.59. The van der Waals surface area contributed by atoms with Crippen LogP contribution >= 0.6 is 0 Å². The topological polar surface area (TPSA) is 80.6 Å². The summed E-state index contributed by atoms with van der Waals surface area (Å²) in [5.41, 5.74) is -1.34. The van der Waals surface area contributed by atoms with Gasteiger partial charge in [0.2, 0.25) is 11.8 Å². The van der Waals surface area contributed by atoms with Crippen LogP contribution in [0.25, 0.3) is 0 Å². The average molecular weight is 397 g/mol. The number of likely N-dealkylation sites (N-methyl/N-ethyl adjacent to an activating group) is 1. The van der Waals surface area contributed by atoms with E-state index < -0.39 is 35.7 Å². The summed E-state index contributed by atoms with van der Waals surface area (Å²) < 4.78 is 44.0. The molecule has 150 valence electrons. The molecule has 0 saturated carbocycles. The lowest BCUT2D eigenvalue weighted by Crippen LogP contribution is -2.38. The normalized spacial score (nSPS) is 11.0. The van der Waals surface area contributed by atoms with E-state index in [0.717, 1.165) is 11.0 Å².